The number of ether oxygens (including phenoxy) is 1. The van der Waals surface area contributed by atoms with Crippen molar-refractivity contribution in [2.75, 3.05) is 13.2 Å². The van der Waals surface area contributed by atoms with Gasteiger partial charge >= 0.3 is 0 Å². The summed E-state index contributed by atoms with van der Waals surface area (Å²) in [5.74, 6) is 1.73. The molecule has 0 unspecified atom stereocenters. The molecule has 0 atom stereocenters. The van der Waals surface area contributed by atoms with Crippen molar-refractivity contribution in [1.29, 1.82) is 0 Å². The van der Waals surface area contributed by atoms with Crippen molar-refractivity contribution in [3.05, 3.63) is 24.4 Å². The van der Waals surface area contributed by atoms with Gasteiger partial charge in [0, 0.05) is 25.4 Å². The van der Waals surface area contributed by atoms with Gasteiger partial charge < -0.3 is 9.30 Å². The second-order valence-electron chi connectivity index (χ2n) is 3.54. The Morgan fingerprint density at radius 2 is 2.19 bits per heavy atom. The topological polar surface area (TPSA) is 65.7 Å². The van der Waals surface area contributed by atoms with Crippen molar-refractivity contribution in [2.24, 2.45) is 0 Å². The highest BCUT2D eigenvalue weighted by atomic mass is 16.5. The molecule has 0 aromatic carbocycles. The minimum Gasteiger partial charge on any atom is -0.379 e. The number of aromatic nitrogens is 5. The zero-order valence-electron chi connectivity index (χ0n) is 8.70. The average molecular weight is 217 g/mol. The number of fused-ring (bicyclic) bond motifs is 1. The van der Waals surface area contributed by atoms with Crippen LogP contribution in [0.2, 0.25) is 0 Å². The summed E-state index contributed by atoms with van der Waals surface area (Å²) in [6.07, 6.45) is 5.80. The van der Waals surface area contributed by atoms with Gasteiger partial charge in [0.05, 0.1) is 19.4 Å². The van der Waals surface area contributed by atoms with Gasteiger partial charge in [-0.2, -0.15) is 0 Å². The molecule has 0 saturated heterocycles. The maximum atomic E-state index is 5.40. The van der Waals surface area contributed by atoms with Gasteiger partial charge in [-0.25, -0.2) is 4.98 Å². The molecule has 3 rings (SSSR count). The first-order valence-electron chi connectivity index (χ1n) is 5.21. The molecule has 2 aromatic heterocycles. The Labute approximate surface area is 92.3 Å². The van der Waals surface area contributed by atoms with Crippen molar-refractivity contribution >= 4 is 0 Å². The Balaban J connectivity index is 2.06. The third kappa shape index (κ3) is 1.57. The fourth-order valence-corrected chi connectivity index (χ4v) is 1.78. The molecule has 0 aliphatic carbocycles. The van der Waals surface area contributed by atoms with Crippen LogP contribution in [-0.4, -0.2) is 37.9 Å². The third-order valence-corrected chi connectivity index (χ3v) is 2.55. The number of nitrogens with zero attached hydrogens (tertiary/aromatic N) is 5. The normalized spacial score (nSPS) is 15.5. The van der Waals surface area contributed by atoms with Crippen LogP contribution in [0, 0.1) is 0 Å². The summed E-state index contributed by atoms with van der Waals surface area (Å²) in [4.78, 5) is 8.27. The Kier molecular flexibility index (Phi) is 2.34. The minimum absolute atomic E-state index is 0.693. The van der Waals surface area contributed by atoms with Crippen LogP contribution in [0.15, 0.2) is 18.6 Å². The lowest BCUT2D eigenvalue weighted by molar-refractivity contribution is 0.140. The molecule has 0 fully saturated rings. The number of rotatable bonds is 1. The first kappa shape index (κ1) is 9.41. The smallest absolute Gasteiger partial charge is 0.184 e. The first-order chi connectivity index (χ1) is 7.95. The van der Waals surface area contributed by atoms with Crippen LogP contribution in [0.1, 0.15) is 5.82 Å². The summed E-state index contributed by atoms with van der Waals surface area (Å²) in [6.45, 7) is 2.17. The summed E-state index contributed by atoms with van der Waals surface area (Å²) >= 11 is 0. The molecule has 82 valence electrons. The lowest BCUT2D eigenvalue weighted by Crippen LogP contribution is -2.06. The Hall–Kier alpha value is -1.82. The van der Waals surface area contributed by atoms with Crippen LogP contribution < -0.4 is 0 Å². The minimum atomic E-state index is 0.693. The largest absolute Gasteiger partial charge is 0.379 e. The van der Waals surface area contributed by atoms with E-state index in [1.807, 2.05) is 0 Å². The van der Waals surface area contributed by atoms with E-state index in [0.29, 0.717) is 13.2 Å². The van der Waals surface area contributed by atoms with E-state index < -0.39 is 0 Å². The Bertz CT molecular complexity index is 481. The highest BCUT2D eigenvalue weighted by molar-refractivity contribution is 5.47. The summed E-state index contributed by atoms with van der Waals surface area (Å²) in [6, 6.07) is 0. The van der Waals surface area contributed by atoms with E-state index in [0.717, 1.165) is 30.3 Å². The van der Waals surface area contributed by atoms with Crippen molar-refractivity contribution in [3.63, 3.8) is 0 Å². The van der Waals surface area contributed by atoms with Crippen LogP contribution >= 0.6 is 0 Å². The van der Waals surface area contributed by atoms with Gasteiger partial charge in [-0.15, -0.1) is 10.2 Å². The fraction of sp³-hybridized carbons (Fsp3) is 0.400. The number of hydrogen-bond donors (Lipinski definition) is 0. The number of hydrogen-bond acceptors (Lipinski definition) is 5. The molecule has 0 N–H and O–H groups in total. The van der Waals surface area contributed by atoms with Gasteiger partial charge in [0.15, 0.2) is 5.82 Å². The molecule has 0 spiro atoms. The van der Waals surface area contributed by atoms with Crippen LogP contribution in [-0.2, 0) is 17.7 Å². The maximum Gasteiger partial charge on any atom is 0.184 e. The van der Waals surface area contributed by atoms with Gasteiger partial charge in [-0.3, -0.25) is 4.98 Å². The molecule has 0 radical (unpaired) electrons. The van der Waals surface area contributed by atoms with E-state index in [9.17, 15) is 0 Å². The highest BCUT2D eigenvalue weighted by Gasteiger charge is 2.16. The van der Waals surface area contributed by atoms with Crippen LogP contribution in [0.5, 0.6) is 0 Å². The molecule has 6 heteroatoms. The molecule has 1 aliphatic heterocycles. The summed E-state index contributed by atoms with van der Waals surface area (Å²) in [7, 11) is 0. The van der Waals surface area contributed by atoms with Gasteiger partial charge in [0.2, 0.25) is 0 Å². The van der Waals surface area contributed by atoms with E-state index in [4.69, 9.17) is 4.74 Å². The van der Waals surface area contributed by atoms with E-state index in [2.05, 4.69) is 24.7 Å². The Morgan fingerprint density at radius 1 is 1.19 bits per heavy atom. The van der Waals surface area contributed by atoms with Gasteiger partial charge in [0.1, 0.15) is 11.5 Å². The summed E-state index contributed by atoms with van der Waals surface area (Å²) in [5.41, 5.74) is 0.753. The Morgan fingerprint density at radius 3 is 3.06 bits per heavy atom. The van der Waals surface area contributed by atoms with Crippen molar-refractivity contribution in [1.82, 2.24) is 24.7 Å². The predicted octanol–water partition coefficient (Wildman–Crippen LogP) is 0.308. The third-order valence-electron chi connectivity index (χ3n) is 2.55. The van der Waals surface area contributed by atoms with Crippen LogP contribution in [0.4, 0.5) is 0 Å². The molecule has 0 bridgehead atoms. The quantitative estimate of drug-likeness (QED) is 0.687. The van der Waals surface area contributed by atoms with E-state index >= 15 is 0 Å². The van der Waals surface area contributed by atoms with Gasteiger partial charge in [0.25, 0.3) is 0 Å². The molecular weight excluding hydrogens is 206 g/mol. The fourth-order valence-electron chi connectivity index (χ4n) is 1.78. The van der Waals surface area contributed by atoms with E-state index in [-0.39, 0.29) is 0 Å². The first-order valence-corrected chi connectivity index (χ1v) is 5.21. The van der Waals surface area contributed by atoms with Crippen molar-refractivity contribution in [3.8, 4) is 11.5 Å². The molecule has 1 aliphatic rings. The van der Waals surface area contributed by atoms with Crippen LogP contribution in [0.25, 0.3) is 11.5 Å². The highest BCUT2D eigenvalue weighted by Crippen LogP contribution is 2.16. The van der Waals surface area contributed by atoms with Crippen LogP contribution in [0.3, 0.4) is 0 Å². The second-order valence-corrected chi connectivity index (χ2v) is 3.54. The maximum absolute atomic E-state index is 5.40. The molecule has 6 nitrogen and oxygen atoms in total. The van der Waals surface area contributed by atoms with E-state index in [1.54, 1.807) is 18.6 Å². The lowest BCUT2D eigenvalue weighted by Gasteiger charge is -2.04. The molecule has 16 heavy (non-hydrogen) atoms. The van der Waals surface area contributed by atoms with Gasteiger partial charge in [-0.05, 0) is 0 Å². The summed E-state index contributed by atoms with van der Waals surface area (Å²) in [5, 5.41) is 8.32. The molecule has 0 saturated carbocycles. The average Bonchev–Trinajstić information content (AvgIpc) is 2.60. The summed E-state index contributed by atoms with van der Waals surface area (Å²) < 4.78 is 7.45. The lowest BCUT2D eigenvalue weighted by atomic mass is 10.4. The predicted molar refractivity (Wildman–Crippen MR) is 55.6 cm³/mol. The molecule has 2 aromatic rings. The molecular formula is C10H11N5O. The monoisotopic (exact) mass is 217 g/mol. The molecule has 3 heterocycles. The zero-order chi connectivity index (χ0) is 10.8. The zero-order valence-corrected chi connectivity index (χ0v) is 8.70. The van der Waals surface area contributed by atoms with E-state index in [1.165, 1.54) is 0 Å². The van der Waals surface area contributed by atoms with Gasteiger partial charge in [-0.1, -0.05) is 0 Å². The standard InChI is InChI=1S/C10H11N5O/c1-5-16-6-4-15-9(1)13-14-10(15)8-7-11-2-3-12-8/h2-3,7H,1,4-6H2. The second kappa shape index (κ2) is 3.97. The SMILES string of the molecule is c1cnc(-c2nnc3n2CCOCC3)cn1. The van der Waals surface area contributed by atoms with Crippen molar-refractivity contribution < 1.29 is 4.74 Å². The van der Waals surface area contributed by atoms with Crippen molar-refractivity contribution in [2.45, 2.75) is 13.0 Å². The molecule has 0 amide bonds.